The van der Waals surface area contributed by atoms with Gasteiger partial charge in [-0.05, 0) is 96.9 Å². The molecule has 7 aliphatic rings. The Hall–Kier alpha value is -1.40. The molecular weight excluding hydrogens is 727 g/mol. The molecule has 3 aromatic rings. The second-order valence-electron chi connectivity index (χ2n) is 17.3. The van der Waals surface area contributed by atoms with E-state index in [1.165, 1.54) is 61.1 Å². The van der Waals surface area contributed by atoms with E-state index in [1.54, 1.807) is 77.2 Å². The van der Waals surface area contributed by atoms with Crippen LogP contribution in [0.2, 0.25) is 0 Å². The minimum Gasteiger partial charge on any atom is -1.00 e. The molecule has 0 aromatic heterocycles. The third kappa shape index (κ3) is 6.55. The van der Waals surface area contributed by atoms with Gasteiger partial charge in [0.25, 0.3) is 0 Å². The number of fused-ring (bicyclic) bond motifs is 8. The molecule has 0 amide bonds. The smallest absolute Gasteiger partial charge is 0.0264 e. The first-order valence-electron chi connectivity index (χ1n) is 19.1. The van der Waals surface area contributed by atoms with Crippen molar-refractivity contribution in [1.29, 1.82) is 0 Å². The van der Waals surface area contributed by atoms with Crippen LogP contribution >= 0.6 is 0 Å². The molecule has 0 spiro atoms. The van der Waals surface area contributed by atoms with Crippen molar-refractivity contribution in [3.63, 3.8) is 0 Å². The molecule has 7 aliphatic carbocycles. The second-order valence-corrected chi connectivity index (χ2v) is 19.7. The fraction of sp³-hybridized carbons (Fsp3) is 0.532. The van der Waals surface area contributed by atoms with Crippen LogP contribution in [0.1, 0.15) is 144 Å². The Bertz CT molecular complexity index is 1800. The van der Waals surface area contributed by atoms with Crippen LogP contribution in [0, 0.1) is 67.8 Å². The monoisotopic (exact) mass is 782 g/mol. The van der Waals surface area contributed by atoms with E-state index in [4.69, 9.17) is 0 Å². The minimum atomic E-state index is 0. The first-order chi connectivity index (χ1) is 22.8. The Morgan fingerprint density at radius 2 is 1.38 bits per heavy atom. The molecule has 0 heterocycles. The zero-order chi connectivity index (χ0) is 34.2. The van der Waals surface area contributed by atoms with E-state index in [1.807, 2.05) is 0 Å². The zero-order valence-corrected chi connectivity index (χ0v) is 36.3. The molecule has 4 unspecified atom stereocenters. The van der Waals surface area contributed by atoms with E-state index in [0.717, 1.165) is 24.2 Å². The summed E-state index contributed by atoms with van der Waals surface area (Å²) in [5, 5.41) is 2.93. The zero-order valence-electron chi connectivity index (χ0n) is 32.3. The van der Waals surface area contributed by atoms with Crippen molar-refractivity contribution in [3.8, 4) is 11.1 Å². The molecule has 4 saturated carbocycles. The third-order valence-electron chi connectivity index (χ3n) is 14.1. The summed E-state index contributed by atoms with van der Waals surface area (Å²) in [5.41, 5.74) is 16.0. The van der Waals surface area contributed by atoms with Crippen LogP contribution in [-0.2, 0) is 24.2 Å². The summed E-state index contributed by atoms with van der Waals surface area (Å²) in [6, 6.07) is 11.7. The predicted molar refractivity (Wildman–Crippen MR) is 203 cm³/mol. The molecular formula is C47H58Cl2Zr-2. The summed E-state index contributed by atoms with van der Waals surface area (Å²) >= 11 is 1.55. The summed E-state index contributed by atoms with van der Waals surface area (Å²) in [7, 11) is 0. The van der Waals surface area contributed by atoms with Crippen LogP contribution in [-0.4, -0.2) is 3.21 Å². The maximum absolute atomic E-state index is 3.38. The van der Waals surface area contributed by atoms with E-state index in [0.29, 0.717) is 29.1 Å². The van der Waals surface area contributed by atoms with Crippen LogP contribution in [0.15, 0.2) is 48.1 Å². The summed E-state index contributed by atoms with van der Waals surface area (Å²) < 4.78 is 1.51. The van der Waals surface area contributed by atoms with Gasteiger partial charge in [-0.2, -0.15) is 23.1 Å². The van der Waals surface area contributed by atoms with Gasteiger partial charge in [0.15, 0.2) is 0 Å². The largest absolute Gasteiger partial charge is 1.00 e. The fourth-order valence-electron chi connectivity index (χ4n) is 11.7. The molecule has 266 valence electrons. The maximum Gasteiger partial charge on any atom is -0.0264 e. The van der Waals surface area contributed by atoms with Gasteiger partial charge in [-0.25, -0.2) is 6.08 Å². The van der Waals surface area contributed by atoms with Gasteiger partial charge in [-0.1, -0.05) is 118 Å². The molecule has 0 radical (unpaired) electrons. The van der Waals surface area contributed by atoms with E-state index in [9.17, 15) is 0 Å². The first-order valence-corrected chi connectivity index (χ1v) is 20.4. The van der Waals surface area contributed by atoms with E-state index in [-0.39, 0.29) is 24.8 Å². The van der Waals surface area contributed by atoms with Crippen LogP contribution in [0.3, 0.4) is 0 Å². The number of benzene rings is 3. The van der Waals surface area contributed by atoms with Gasteiger partial charge in [0, 0.05) is 0 Å². The van der Waals surface area contributed by atoms with Crippen molar-refractivity contribution >= 4 is 14.0 Å². The Kier molecular flexibility index (Phi) is 12.1. The molecule has 4 atom stereocenters. The van der Waals surface area contributed by atoms with Gasteiger partial charge in [0.1, 0.15) is 0 Å². The van der Waals surface area contributed by atoms with E-state index in [2.05, 4.69) is 118 Å². The fourth-order valence-corrected chi connectivity index (χ4v) is 11.7. The Morgan fingerprint density at radius 3 is 1.92 bits per heavy atom. The molecule has 0 aliphatic heterocycles. The summed E-state index contributed by atoms with van der Waals surface area (Å²) in [4.78, 5) is 0. The quantitative estimate of drug-likeness (QED) is 0.237. The van der Waals surface area contributed by atoms with Gasteiger partial charge in [0.2, 0.25) is 0 Å². The average Bonchev–Trinajstić information content (AvgIpc) is 3.69. The van der Waals surface area contributed by atoms with Crippen LogP contribution in [0.5, 0.6) is 0 Å². The molecule has 0 saturated heterocycles. The predicted octanol–water partition coefficient (Wildman–Crippen LogP) is 6.87. The van der Waals surface area contributed by atoms with Gasteiger partial charge in [-0.3, -0.25) is 6.08 Å². The van der Waals surface area contributed by atoms with Gasteiger partial charge in [0.05, 0.1) is 0 Å². The number of aryl methyl sites for hydroxylation is 1. The van der Waals surface area contributed by atoms with Crippen molar-refractivity contribution < 1.29 is 49.0 Å². The van der Waals surface area contributed by atoms with Crippen molar-refractivity contribution in [2.75, 3.05) is 0 Å². The molecule has 0 nitrogen and oxygen atoms in total. The summed E-state index contributed by atoms with van der Waals surface area (Å²) in [6.07, 6.45) is 18.4. The second kappa shape index (κ2) is 15.2. The molecule has 0 N–H and O–H groups in total. The van der Waals surface area contributed by atoms with Crippen LogP contribution in [0.4, 0.5) is 0 Å². The Labute approximate surface area is 331 Å². The topological polar surface area (TPSA) is 0 Å². The Morgan fingerprint density at radius 1 is 0.820 bits per heavy atom. The number of hydrogen-bond acceptors (Lipinski definition) is 0. The number of rotatable bonds is 1. The number of hydrogen-bond donors (Lipinski definition) is 0. The SMILES string of the molecule is C[C](C)=[Zr+2].Cc1cc2c(c(C)c1C)C(C)c1c3c(c4ccccc4c1-2)C(C)C(C)C(C)[C-]3C.[C-]1=CC(C23CC4CC(CC(C4)C2)C3)=CC1.[Cl-].[Cl-]. The normalized spacial score (nSPS) is 30.5. The molecule has 10 rings (SSSR count). The standard InChI is InChI=1S/C29H33.C15H19.C3H6.2ClH.Zr/c1-14-13-24-25(18(5)15(14)2)21(8)28-27-20(7)17(4)16(3)19(6)26(27)22-11-9-10-12-23(22)29(24)28;1-2-4-14(3-1)15-8-11-5-12(9-15)7-13(6-11)10-15;1-3-2;;;/h9-13,16-17,19,21H,1-8H3;3-4,11-13H,1,5-10H2;1-2H3;2*1H;/q2*-1;;;;+2/p-2. The number of halogens is 2. The summed E-state index contributed by atoms with van der Waals surface area (Å²) in [5.74, 6) is 7.17. The average molecular weight is 785 g/mol. The summed E-state index contributed by atoms with van der Waals surface area (Å²) in [6.45, 7) is 23.3. The molecule has 50 heavy (non-hydrogen) atoms. The van der Waals surface area contributed by atoms with Crippen molar-refractivity contribution in [3.05, 3.63) is 99.0 Å². The molecule has 3 aromatic carbocycles. The number of allylic oxidation sites excluding steroid dienone is 4. The van der Waals surface area contributed by atoms with Gasteiger partial charge >= 0.3 is 41.3 Å². The van der Waals surface area contributed by atoms with Crippen molar-refractivity contribution in [2.24, 2.45) is 35.0 Å². The minimum absolute atomic E-state index is 0. The van der Waals surface area contributed by atoms with Crippen molar-refractivity contribution in [1.82, 2.24) is 0 Å². The van der Waals surface area contributed by atoms with Gasteiger partial charge in [-0.15, -0.1) is 17.5 Å². The van der Waals surface area contributed by atoms with E-state index < -0.39 is 0 Å². The third-order valence-corrected chi connectivity index (χ3v) is 14.1. The van der Waals surface area contributed by atoms with E-state index >= 15 is 0 Å². The maximum atomic E-state index is 3.38. The molecule has 3 heteroatoms. The molecule has 4 fully saturated rings. The first kappa shape index (κ1) is 39.8. The van der Waals surface area contributed by atoms with Crippen molar-refractivity contribution in [2.45, 2.75) is 126 Å². The van der Waals surface area contributed by atoms with Crippen LogP contribution < -0.4 is 24.8 Å². The molecule has 4 bridgehead atoms. The Balaban J connectivity index is 0.000000194. The van der Waals surface area contributed by atoms with Gasteiger partial charge < -0.3 is 24.8 Å². The van der Waals surface area contributed by atoms with Crippen LogP contribution in [0.25, 0.3) is 21.9 Å².